The molecule has 0 spiro atoms. The molecule has 0 aromatic carbocycles. The molecule has 1 atom stereocenters. The van der Waals surface area contributed by atoms with Crippen molar-refractivity contribution >= 4 is 5.91 Å². The van der Waals surface area contributed by atoms with Crippen molar-refractivity contribution in [3.05, 3.63) is 0 Å². The van der Waals surface area contributed by atoms with Crippen molar-refractivity contribution in [1.29, 1.82) is 0 Å². The number of nitrogens with one attached hydrogen (secondary N) is 1. The summed E-state index contributed by atoms with van der Waals surface area (Å²) in [5.74, 6) is 0.424. The highest BCUT2D eigenvalue weighted by atomic mass is 16.2. The van der Waals surface area contributed by atoms with Crippen molar-refractivity contribution in [2.24, 2.45) is 11.7 Å². The Morgan fingerprint density at radius 1 is 1.25 bits per heavy atom. The highest BCUT2D eigenvalue weighted by Gasteiger charge is 2.43. The smallest absolute Gasteiger partial charge is 0.240 e. The van der Waals surface area contributed by atoms with E-state index < -0.39 is 5.54 Å². The van der Waals surface area contributed by atoms with E-state index in [2.05, 4.69) is 17.3 Å². The second-order valence-electron chi connectivity index (χ2n) is 6.94. The van der Waals surface area contributed by atoms with E-state index in [1.165, 1.54) is 32.1 Å². The monoisotopic (exact) mass is 281 g/mol. The van der Waals surface area contributed by atoms with Crippen molar-refractivity contribution in [2.75, 3.05) is 20.1 Å². The van der Waals surface area contributed by atoms with Crippen LogP contribution in [0.25, 0.3) is 0 Å². The van der Waals surface area contributed by atoms with Crippen LogP contribution in [0.3, 0.4) is 0 Å². The molecular formula is C16H31N3O. The minimum absolute atomic E-state index is 0.0281. The predicted octanol–water partition coefficient (Wildman–Crippen LogP) is 1.88. The standard InChI is InChI=1S/C16H31N3O/c1-16(17,13-9-10-13)15(20)18-11-6-12-19(2)14-7-4-3-5-8-14/h13-14H,3-12,17H2,1-2H3,(H,18,20). The van der Waals surface area contributed by atoms with Crippen LogP contribution in [0.5, 0.6) is 0 Å². The second kappa shape index (κ2) is 6.90. The highest BCUT2D eigenvalue weighted by molar-refractivity contribution is 5.86. The van der Waals surface area contributed by atoms with Gasteiger partial charge in [0.2, 0.25) is 5.91 Å². The first kappa shape index (κ1) is 15.8. The van der Waals surface area contributed by atoms with E-state index in [4.69, 9.17) is 5.73 Å². The Bertz CT molecular complexity index is 320. The van der Waals surface area contributed by atoms with E-state index >= 15 is 0 Å². The molecule has 20 heavy (non-hydrogen) atoms. The molecular weight excluding hydrogens is 250 g/mol. The second-order valence-corrected chi connectivity index (χ2v) is 6.94. The molecule has 4 nitrogen and oxygen atoms in total. The summed E-state index contributed by atoms with van der Waals surface area (Å²) in [7, 11) is 2.22. The molecule has 1 unspecified atom stereocenters. The van der Waals surface area contributed by atoms with Crippen LogP contribution in [-0.4, -0.2) is 42.5 Å². The van der Waals surface area contributed by atoms with Gasteiger partial charge in [0.05, 0.1) is 5.54 Å². The molecule has 2 aliphatic carbocycles. The maximum absolute atomic E-state index is 12.0. The van der Waals surface area contributed by atoms with Crippen LogP contribution in [0.15, 0.2) is 0 Å². The average molecular weight is 281 g/mol. The van der Waals surface area contributed by atoms with Gasteiger partial charge >= 0.3 is 0 Å². The van der Waals surface area contributed by atoms with E-state index in [1.54, 1.807) is 0 Å². The molecule has 0 aliphatic heterocycles. The van der Waals surface area contributed by atoms with Gasteiger partial charge in [-0.05, 0) is 58.5 Å². The molecule has 2 rings (SSSR count). The molecule has 116 valence electrons. The summed E-state index contributed by atoms with van der Waals surface area (Å²) in [5.41, 5.74) is 5.44. The van der Waals surface area contributed by atoms with E-state index in [9.17, 15) is 4.79 Å². The zero-order valence-corrected chi connectivity index (χ0v) is 13.2. The van der Waals surface area contributed by atoms with Crippen molar-refractivity contribution in [3.8, 4) is 0 Å². The lowest BCUT2D eigenvalue weighted by molar-refractivity contribution is -0.126. The third-order valence-electron chi connectivity index (χ3n) is 5.09. The summed E-state index contributed by atoms with van der Waals surface area (Å²) < 4.78 is 0. The lowest BCUT2D eigenvalue weighted by atomic mass is 9.94. The molecule has 0 saturated heterocycles. The summed E-state index contributed by atoms with van der Waals surface area (Å²) in [6, 6.07) is 0.755. The maximum Gasteiger partial charge on any atom is 0.240 e. The molecule has 0 bridgehead atoms. The summed E-state index contributed by atoms with van der Waals surface area (Å²) in [4.78, 5) is 14.5. The van der Waals surface area contributed by atoms with E-state index in [1.807, 2.05) is 6.92 Å². The Kier molecular flexibility index (Phi) is 5.44. The molecule has 1 amide bonds. The molecule has 2 saturated carbocycles. The Labute approximate surface area is 123 Å². The van der Waals surface area contributed by atoms with Crippen molar-refractivity contribution < 1.29 is 4.79 Å². The zero-order chi connectivity index (χ0) is 14.6. The van der Waals surface area contributed by atoms with Gasteiger partial charge in [0.15, 0.2) is 0 Å². The molecule has 0 aromatic rings. The van der Waals surface area contributed by atoms with Crippen LogP contribution < -0.4 is 11.1 Å². The van der Waals surface area contributed by atoms with Gasteiger partial charge < -0.3 is 16.0 Å². The minimum Gasteiger partial charge on any atom is -0.354 e. The summed E-state index contributed by atoms with van der Waals surface area (Å²) >= 11 is 0. The number of carbonyl (C=O) groups excluding carboxylic acids is 1. The van der Waals surface area contributed by atoms with Gasteiger partial charge in [-0.15, -0.1) is 0 Å². The van der Waals surface area contributed by atoms with Crippen molar-refractivity contribution in [3.63, 3.8) is 0 Å². The van der Waals surface area contributed by atoms with Crippen molar-refractivity contribution in [2.45, 2.75) is 69.9 Å². The number of amides is 1. The third kappa shape index (κ3) is 4.19. The van der Waals surface area contributed by atoms with E-state index in [0.29, 0.717) is 5.92 Å². The molecule has 0 radical (unpaired) electrons. The van der Waals surface area contributed by atoms with Crippen molar-refractivity contribution in [1.82, 2.24) is 10.2 Å². The van der Waals surface area contributed by atoms with Crippen LogP contribution >= 0.6 is 0 Å². The van der Waals surface area contributed by atoms with Crippen LogP contribution in [0.2, 0.25) is 0 Å². The largest absolute Gasteiger partial charge is 0.354 e. The Balaban J connectivity index is 1.59. The average Bonchev–Trinajstić information content (AvgIpc) is 3.29. The first-order chi connectivity index (χ1) is 9.51. The number of nitrogens with zero attached hydrogens (tertiary/aromatic N) is 1. The molecule has 0 aromatic heterocycles. The van der Waals surface area contributed by atoms with Crippen LogP contribution in [-0.2, 0) is 4.79 Å². The van der Waals surface area contributed by atoms with Gasteiger partial charge in [0, 0.05) is 12.6 Å². The molecule has 2 fully saturated rings. The highest BCUT2D eigenvalue weighted by Crippen LogP contribution is 2.38. The van der Waals surface area contributed by atoms with Gasteiger partial charge in [-0.25, -0.2) is 0 Å². The lowest BCUT2D eigenvalue weighted by Gasteiger charge is -2.31. The zero-order valence-electron chi connectivity index (χ0n) is 13.2. The fraction of sp³-hybridized carbons (Fsp3) is 0.938. The molecule has 2 aliphatic rings. The van der Waals surface area contributed by atoms with Gasteiger partial charge in [-0.3, -0.25) is 4.79 Å². The molecule has 4 heteroatoms. The van der Waals surface area contributed by atoms with Crippen LogP contribution in [0.4, 0.5) is 0 Å². The minimum atomic E-state index is -0.657. The fourth-order valence-corrected chi connectivity index (χ4v) is 3.29. The first-order valence-electron chi connectivity index (χ1n) is 8.29. The Morgan fingerprint density at radius 2 is 1.90 bits per heavy atom. The topological polar surface area (TPSA) is 58.4 Å². The number of carbonyl (C=O) groups is 1. The van der Waals surface area contributed by atoms with Gasteiger partial charge in [-0.1, -0.05) is 19.3 Å². The lowest BCUT2D eigenvalue weighted by Crippen LogP contribution is -2.53. The maximum atomic E-state index is 12.0. The number of nitrogens with two attached hydrogens (primary N) is 1. The number of hydrogen-bond acceptors (Lipinski definition) is 3. The summed E-state index contributed by atoms with van der Waals surface area (Å²) in [6.45, 7) is 3.68. The first-order valence-corrected chi connectivity index (χ1v) is 8.29. The van der Waals surface area contributed by atoms with Gasteiger partial charge in [-0.2, -0.15) is 0 Å². The molecule has 3 N–H and O–H groups in total. The van der Waals surface area contributed by atoms with E-state index in [0.717, 1.165) is 38.4 Å². The SMILES string of the molecule is CN(CCCNC(=O)C(C)(N)C1CC1)C1CCCCC1. The van der Waals surface area contributed by atoms with E-state index in [-0.39, 0.29) is 5.91 Å². The third-order valence-corrected chi connectivity index (χ3v) is 5.09. The van der Waals surface area contributed by atoms with Crippen LogP contribution in [0.1, 0.15) is 58.3 Å². The quantitative estimate of drug-likeness (QED) is 0.701. The summed E-state index contributed by atoms with van der Waals surface area (Å²) in [5, 5.41) is 3.01. The summed E-state index contributed by atoms with van der Waals surface area (Å²) in [6.07, 6.45) is 10.0. The Hall–Kier alpha value is -0.610. The predicted molar refractivity (Wildman–Crippen MR) is 82.4 cm³/mol. The molecule has 0 heterocycles. The van der Waals surface area contributed by atoms with Gasteiger partial charge in [0.1, 0.15) is 0 Å². The number of rotatable bonds is 7. The Morgan fingerprint density at radius 3 is 2.50 bits per heavy atom. The van der Waals surface area contributed by atoms with Crippen LogP contribution in [0, 0.1) is 5.92 Å². The normalized spacial score (nSPS) is 23.6. The fourth-order valence-electron chi connectivity index (χ4n) is 3.29. The number of hydrogen-bond donors (Lipinski definition) is 2. The van der Waals surface area contributed by atoms with Gasteiger partial charge in [0.25, 0.3) is 0 Å².